The summed E-state index contributed by atoms with van der Waals surface area (Å²) in [5.74, 6) is 0.625. The van der Waals surface area contributed by atoms with Crippen LogP contribution in [0.3, 0.4) is 0 Å². The smallest absolute Gasteiger partial charge is 0.328 e. The fraction of sp³-hybridized carbons (Fsp3) is 0.846. The third-order valence-corrected chi connectivity index (χ3v) is 4.72. The molecule has 3 nitrogen and oxygen atoms in total. The molecule has 2 fully saturated rings. The van der Waals surface area contributed by atoms with E-state index in [0.717, 1.165) is 12.3 Å². The molecule has 0 amide bonds. The highest BCUT2D eigenvalue weighted by atomic mass is 16.5. The molecule has 0 aromatic rings. The van der Waals surface area contributed by atoms with Gasteiger partial charge in [-0.2, -0.15) is 0 Å². The number of ether oxygens (including phenoxy) is 1. The third-order valence-electron chi connectivity index (χ3n) is 4.72. The van der Waals surface area contributed by atoms with Gasteiger partial charge in [-0.3, -0.25) is 9.79 Å². The molecule has 0 unspecified atom stereocenters. The Labute approximate surface area is 96.3 Å². The van der Waals surface area contributed by atoms with Crippen molar-refractivity contribution in [3.63, 3.8) is 0 Å². The van der Waals surface area contributed by atoms with E-state index in [9.17, 15) is 4.79 Å². The van der Waals surface area contributed by atoms with E-state index in [-0.39, 0.29) is 24.0 Å². The van der Waals surface area contributed by atoms with E-state index in [1.54, 1.807) is 0 Å². The van der Waals surface area contributed by atoms with Crippen LogP contribution in [-0.4, -0.2) is 24.3 Å². The number of carbonyl (C=O) groups excluding carboxylic acids is 1. The Bertz CT molecular complexity index is 350. The minimum atomic E-state index is -0.147. The van der Waals surface area contributed by atoms with E-state index in [4.69, 9.17) is 4.74 Å². The third kappa shape index (κ3) is 1.40. The van der Waals surface area contributed by atoms with Gasteiger partial charge in [-0.1, -0.05) is 19.8 Å². The lowest BCUT2D eigenvalue weighted by atomic mass is 9.58. The molecule has 0 N–H and O–H groups in total. The van der Waals surface area contributed by atoms with Gasteiger partial charge in [0, 0.05) is 5.41 Å². The lowest BCUT2D eigenvalue weighted by Crippen LogP contribution is -2.51. The number of hydrogen-bond donors (Lipinski definition) is 0. The first-order valence-electron chi connectivity index (χ1n) is 6.44. The summed E-state index contributed by atoms with van der Waals surface area (Å²) in [6, 6.07) is 0. The largest absolute Gasteiger partial charge is 0.455 e. The first-order chi connectivity index (χ1) is 7.70. The van der Waals surface area contributed by atoms with Crippen molar-refractivity contribution in [1.82, 2.24) is 0 Å². The van der Waals surface area contributed by atoms with Gasteiger partial charge in [0.2, 0.25) is 0 Å². The number of aliphatic imine (C=N–C) groups is 1. The van der Waals surface area contributed by atoms with Gasteiger partial charge in [-0.05, 0) is 31.6 Å². The molecular weight excluding hydrogens is 202 g/mol. The molecule has 3 heteroatoms. The van der Waals surface area contributed by atoms with E-state index in [2.05, 4.69) is 11.9 Å². The van der Waals surface area contributed by atoms with Crippen molar-refractivity contribution >= 4 is 11.7 Å². The molecule has 3 aliphatic rings. The Hall–Kier alpha value is -0.860. The molecule has 0 spiro atoms. The van der Waals surface area contributed by atoms with Gasteiger partial charge in [0.25, 0.3) is 0 Å². The monoisotopic (exact) mass is 221 g/mol. The molecule has 3 rings (SSSR count). The predicted octanol–water partition coefficient (Wildman–Crippen LogP) is 2.34. The van der Waals surface area contributed by atoms with Crippen LogP contribution in [0.1, 0.15) is 45.4 Å². The molecule has 0 radical (unpaired) electrons. The molecule has 0 bridgehead atoms. The number of rotatable bonds is 0. The van der Waals surface area contributed by atoms with Gasteiger partial charge in [0.05, 0.1) is 5.71 Å². The normalized spacial score (nSPS) is 42.8. The highest BCUT2D eigenvalue weighted by molar-refractivity contribution is 5.99. The average Bonchev–Trinajstić information content (AvgIpc) is 2.28. The second-order valence-corrected chi connectivity index (χ2v) is 5.62. The van der Waals surface area contributed by atoms with Crippen LogP contribution in [0.4, 0.5) is 0 Å². The molecular formula is C13H19NO2. The van der Waals surface area contributed by atoms with Gasteiger partial charge in [0.1, 0.15) is 12.6 Å². The summed E-state index contributed by atoms with van der Waals surface area (Å²) in [5, 5.41) is 0. The summed E-state index contributed by atoms with van der Waals surface area (Å²) in [6.07, 6.45) is 7.41. The number of nitrogens with zero attached hydrogens (tertiary/aromatic N) is 1. The topological polar surface area (TPSA) is 38.7 Å². The van der Waals surface area contributed by atoms with Crippen molar-refractivity contribution in [3.05, 3.63) is 0 Å². The summed E-state index contributed by atoms with van der Waals surface area (Å²) < 4.78 is 5.43. The van der Waals surface area contributed by atoms with Gasteiger partial charge >= 0.3 is 5.97 Å². The average molecular weight is 221 g/mol. The van der Waals surface area contributed by atoms with E-state index in [1.807, 2.05) is 0 Å². The molecule has 2 saturated carbocycles. The van der Waals surface area contributed by atoms with Crippen LogP contribution >= 0.6 is 0 Å². The summed E-state index contributed by atoms with van der Waals surface area (Å²) in [4.78, 5) is 15.8. The maximum atomic E-state index is 11.3. The van der Waals surface area contributed by atoms with E-state index in [1.165, 1.54) is 37.8 Å². The Morgan fingerprint density at radius 1 is 1.31 bits per heavy atom. The molecule has 3 atom stereocenters. The standard InChI is InChI=1S/C13H19NO2/c1-13-7-3-2-4-9(13)5-6-10-12(13)14-8-11(15)16-10/h9-10H,2-8H2,1H3/t9-,10-,13+/m0/s1. The Morgan fingerprint density at radius 3 is 3.06 bits per heavy atom. The highest BCUT2D eigenvalue weighted by Gasteiger charge is 2.48. The summed E-state index contributed by atoms with van der Waals surface area (Å²) >= 11 is 0. The van der Waals surface area contributed by atoms with Crippen LogP contribution in [0.15, 0.2) is 4.99 Å². The minimum absolute atomic E-state index is 0.000556. The van der Waals surface area contributed by atoms with Crippen molar-refractivity contribution in [2.75, 3.05) is 6.54 Å². The van der Waals surface area contributed by atoms with Gasteiger partial charge in [-0.25, -0.2) is 0 Å². The lowest BCUT2D eigenvalue weighted by molar-refractivity contribution is -0.147. The van der Waals surface area contributed by atoms with Crippen LogP contribution in [0.25, 0.3) is 0 Å². The van der Waals surface area contributed by atoms with Crippen LogP contribution in [0, 0.1) is 11.3 Å². The minimum Gasteiger partial charge on any atom is -0.455 e. The van der Waals surface area contributed by atoms with Crippen molar-refractivity contribution in [3.8, 4) is 0 Å². The predicted molar refractivity (Wildman–Crippen MR) is 61.5 cm³/mol. The first kappa shape index (κ1) is 10.3. The quantitative estimate of drug-likeness (QED) is 0.589. The fourth-order valence-corrected chi connectivity index (χ4v) is 3.81. The zero-order valence-electron chi connectivity index (χ0n) is 9.87. The van der Waals surface area contributed by atoms with Crippen molar-refractivity contribution in [2.45, 2.75) is 51.6 Å². The van der Waals surface area contributed by atoms with Crippen LogP contribution in [-0.2, 0) is 9.53 Å². The maximum absolute atomic E-state index is 11.3. The summed E-state index contributed by atoms with van der Waals surface area (Å²) in [7, 11) is 0. The molecule has 0 aromatic carbocycles. The zero-order chi connectivity index (χ0) is 11.2. The fourth-order valence-electron chi connectivity index (χ4n) is 3.81. The molecule has 1 aliphatic heterocycles. The number of esters is 1. The molecule has 0 saturated heterocycles. The second kappa shape index (κ2) is 3.57. The maximum Gasteiger partial charge on any atom is 0.328 e. The molecule has 88 valence electrons. The SMILES string of the molecule is C[C@@]12CCCC[C@H]1CC[C@@H]1OC(=O)CN=C12. The summed E-state index contributed by atoms with van der Waals surface area (Å²) in [5.41, 5.74) is 1.42. The van der Waals surface area contributed by atoms with E-state index < -0.39 is 0 Å². The molecule has 0 aromatic heterocycles. The zero-order valence-corrected chi connectivity index (χ0v) is 9.87. The second-order valence-electron chi connectivity index (χ2n) is 5.62. The van der Waals surface area contributed by atoms with Gasteiger partial charge < -0.3 is 4.74 Å². The van der Waals surface area contributed by atoms with E-state index in [0.29, 0.717) is 0 Å². The first-order valence-corrected chi connectivity index (χ1v) is 6.44. The van der Waals surface area contributed by atoms with Gasteiger partial charge in [-0.15, -0.1) is 0 Å². The van der Waals surface area contributed by atoms with Gasteiger partial charge in [0.15, 0.2) is 0 Å². The number of carbonyl (C=O) groups is 1. The van der Waals surface area contributed by atoms with Crippen LogP contribution < -0.4 is 0 Å². The Morgan fingerprint density at radius 2 is 2.19 bits per heavy atom. The lowest BCUT2D eigenvalue weighted by Gasteiger charge is -2.49. The number of fused-ring (bicyclic) bond motifs is 3. The van der Waals surface area contributed by atoms with Crippen molar-refractivity contribution in [2.24, 2.45) is 16.3 Å². The molecule has 2 aliphatic carbocycles. The van der Waals surface area contributed by atoms with Crippen molar-refractivity contribution < 1.29 is 9.53 Å². The highest BCUT2D eigenvalue weighted by Crippen LogP contribution is 2.49. The number of hydrogen-bond acceptors (Lipinski definition) is 3. The van der Waals surface area contributed by atoms with Crippen LogP contribution in [0.5, 0.6) is 0 Å². The van der Waals surface area contributed by atoms with Crippen molar-refractivity contribution in [1.29, 1.82) is 0 Å². The van der Waals surface area contributed by atoms with E-state index >= 15 is 0 Å². The Balaban J connectivity index is 1.94. The Kier molecular flexibility index (Phi) is 2.30. The van der Waals surface area contributed by atoms with Crippen LogP contribution in [0.2, 0.25) is 0 Å². The molecule has 16 heavy (non-hydrogen) atoms. The molecule has 1 heterocycles. The summed E-state index contributed by atoms with van der Waals surface area (Å²) in [6.45, 7) is 2.58.